The molecule has 1 aromatic carbocycles. The minimum atomic E-state index is -0.140. The summed E-state index contributed by atoms with van der Waals surface area (Å²) in [5.41, 5.74) is 0. The Labute approximate surface area is 112 Å². The number of ether oxygens (including phenoxy) is 1. The van der Waals surface area contributed by atoms with Crippen LogP contribution in [-0.2, 0) is 9.53 Å². The van der Waals surface area contributed by atoms with Crippen molar-refractivity contribution in [2.24, 2.45) is 0 Å². The quantitative estimate of drug-likeness (QED) is 0.574. The topological polar surface area (TPSA) is 26.3 Å². The van der Waals surface area contributed by atoms with E-state index in [0.717, 1.165) is 17.7 Å². The van der Waals surface area contributed by atoms with Crippen LogP contribution in [0.15, 0.2) is 29.2 Å². The molecule has 17 heavy (non-hydrogen) atoms. The molecular weight excluding hydrogens is 256 g/mol. The van der Waals surface area contributed by atoms with Crippen LogP contribution in [0.2, 0.25) is 5.02 Å². The highest BCUT2D eigenvalue weighted by Crippen LogP contribution is 2.29. The van der Waals surface area contributed by atoms with E-state index in [1.807, 2.05) is 31.2 Å². The molecule has 0 fully saturated rings. The lowest BCUT2D eigenvalue weighted by Crippen LogP contribution is -2.20. The Morgan fingerprint density at radius 2 is 2.24 bits per heavy atom. The Morgan fingerprint density at radius 3 is 2.82 bits per heavy atom. The van der Waals surface area contributed by atoms with Gasteiger partial charge in [0.05, 0.1) is 6.61 Å². The molecule has 2 nitrogen and oxygen atoms in total. The molecule has 0 radical (unpaired) electrons. The number of esters is 1. The lowest BCUT2D eigenvalue weighted by molar-refractivity contribution is -0.142. The predicted octanol–water partition coefficient (Wildman–Crippen LogP) is 4.16. The normalized spacial score (nSPS) is 12.2. The average Bonchev–Trinajstić information content (AvgIpc) is 2.29. The number of benzene rings is 1. The zero-order valence-electron chi connectivity index (χ0n) is 10.1. The maximum absolute atomic E-state index is 11.7. The molecule has 0 saturated heterocycles. The first-order valence-electron chi connectivity index (χ1n) is 5.76. The summed E-state index contributed by atoms with van der Waals surface area (Å²) in [6.45, 7) is 4.31. The van der Waals surface area contributed by atoms with E-state index in [4.69, 9.17) is 16.3 Å². The van der Waals surface area contributed by atoms with Crippen LogP contribution in [-0.4, -0.2) is 17.8 Å². The van der Waals surface area contributed by atoms with E-state index in [1.54, 1.807) is 0 Å². The number of thioether (sulfide) groups is 1. The molecule has 0 spiro atoms. The summed E-state index contributed by atoms with van der Waals surface area (Å²) in [5, 5.41) is 0.549. The van der Waals surface area contributed by atoms with Crippen molar-refractivity contribution in [3.05, 3.63) is 29.3 Å². The molecule has 1 rings (SSSR count). The van der Waals surface area contributed by atoms with Crippen LogP contribution in [0.3, 0.4) is 0 Å². The maximum atomic E-state index is 11.7. The van der Waals surface area contributed by atoms with Crippen LogP contribution in [0.1, 0.15) is 26.7 Å². The third kappa shape index (κ3) is 5.00. The second-order valence-corrected chi connectivity index (χ2v) is 5.32. The van der Waals surface area contributed by atoms with Crippen LogP contribution in [0.25, 0.3) is 0 Å². The molecule has 0 heterocycles. The molecule has 0 saturated carbocycles. The highest BCUT2D eigenvalue weighted by molar-refractivity contribution is 8.00. The lowest BCUT2D eigenvalue weighted by Gasteiger charge is -2.14. The largest absolute Gasteiger partial charge is 0.465 e. The van der Waals surface area contributed by atoms with Gasteiger partial charge in [-0.1, -0.05) is 31.0 Å². The summed E-state index contributed by atoms with van der Waals surface area (Å²) < 4.78 is 5.07. The standard InChI is InChI=1S/C13H17ClO2S/c1-3-6-12(13(15)16-4-2)17-11-8-5-7-10(14)9-11/h5,7-9,12H,3-4,6H2,1-2H3. The fourth-order valence-electron chi connectivity index (χ4n) is 1.43. The number of hydrogen-bond acceptors (Lipinski definition) is 3. The van der Waals surface area contributed by atoms with Gasteiger partial charge in [0.2, 0.25) is 0 Å². The Morgan fingerprint density at radius 1 is 1.47 bits per heavy atom. The van der Waals surface area contributed by atoms with Crippen molar-refractivity contribution in [1.29, 1.82) is 0 Å². The van der Waals surface area contributed by atoms with Gasteiger partial charge >= 0.3 is 5.97 Å². The Bertz CT molecular complexity index is 368. The smallest absolute Gasteiger partial charge is 0.319 e. The Balaban J connectivity index is 2.69. The zero-order chi connectivity index (χ0) is 12.7. The first kappa shape index (κ1) is 14.4. The van der Waals surface area contributed by atoms with Crippen LogP contribution in [0.4, 0.5) is 0 Å². The zero-order valence-corrected chi connectivity index (χ0v) is 11.7. The van der Waals surface area contributed by atoms with Gasteiger partial charge in [0, 0.05) is 9.92 Å². The molecule has 1 unspecified atom stereocenters. The van der Waals surface area contributed by atoms with Crippen molar-refractivity contribution >= 4 is 29.3 Å². The number of hydrogen-bond donors (Lipinski definition) is 0. The maximum Gasteiger partial charge on any atom is 0.319 e. The first-order valence-corrected chi connectivity index (χ1v) is 7.02. The molecule has 0 N–H and O–H groups in total. The monoisotopic (exact) mass is 272 g/mol. The van der Waals surface area contributed by atoms with Crippen molar-refractivity contribution in [3.63, 3.8) is 0 Å². The molecule has 1 aromatic rings. The van der Waals surface area contributed by atoms with E-state index in [0.29, 0.717) is 11.6 Å². The van der Waals surface area contributed by atoms with Crippen molar-refractivity contribution in [2.45, 2.75) is 36.8 Å². The third-order valence-electron chi connectivity index (χ3n) is 2.17. The molecule has 0 aliphatic carbocycles. The van der Waals surface area contributed by atoms with E-state index >= 15 is 0 Å². The predicted molar refractivity (Wildman–Crippen MR) is 72.6 cm³/mol. The number of rotatable bonds is 6. The summed E-state index contributed by atoms with van der Waals surface area (Å²) in [5.74, 6) is -0.140. The third-order valence-corrected chi connectivity index (χ3v) is 3.65. The van der Waals surface area contributed by atoms with Gasteiger partial charge in [0.25, 0.3) is 0 Å². The lowest BCUT2D eigenvalue weighted by atomic mass is 10.2. The van der Waals surface area contributed by atoms with Crippen molar-refractivity contribution in [3.8, 4) is 0 Å². The minimum absolute atomic E-state index is 0.140. The molecule has 0 bridgehead atoms. The number of halogens is 1. The number of carbonyl (C=O) groups is 1. The van der Waals surface area contributed by atoms with E-state index < -0.39 is 0 Å². The van der Waals surface area contributed by atoms with Crippen molar-refractivity contribution in [1.82, 2.24) is 0 Å². The van der Waals surface area contributed by atoms with Gasteiger partial charge in [0.1, 0.15) is 5.25 Å². The van der Waals surface area contributed by atoms with Gasteiger partial charge in [-0.2, -0.15) is 0 Å². The van der Waals surface area contributed by atoms with Crippen molar-refractivity contribution < 1.29 is 9.53 Å². The van der Waals surface area contributed by atoms with Gasteiger partial charge < -0.3 is 4.74 Å². The first-order chi connectivity index (χ1) is 8.17. The van der Waals surface area contributed by atoms with Crippen molar-refractivity contribution in [2.75, 3.05) is 6.61 Å². The molecule has 94 valence electrons. The van der Waals surface area contributed by atoms with Gasteiger partial charge in [0.15, 0.2) is 0 Å². The summed E-state index contributed by atoms with van der Waals surface area (Å²) in [4.78, 5) is 12.8. The second kappa shape index (κ2) is 7.62. The summed E-state index contributed by atoms with van der Waals surface area (Å²) >= 11 is 7.43. The van der Waals surface area contributed by atoms with E-state index in [-0.39, 0.29) is 11.2 Å². The molecule has 4 heteroatoms. The van der Waals surface area contributed by atoms with Crippen LogP contribution >= 0.6 is 23.4 Å². The van der Waals surface area contributed by atoms with Crippen LogP contribution in [0, 0.1) is 0 Å². The molecular formula is C13H17ClO2S. The van der Waals surface area contributed by atoms with E-state index in [2.05, 4.69) is 6.92 Å². The van der Waals surface area contributed by atoms with E-state index in [9.17, 15) is 4.79 Å². The summed E-state index contributed by atoms with van der Waals surface area (Å²) in [7, 11) is 0. The average molecular weight is 273 g/mol. The van der Waals surface area contributed by atoms with Gasteiger partial charge in [-0.15, -0.1) is 11.8 Å². The summed E-state index contributed by atoms with van der Waals surface area (Å²) in [6.07, 6.45) is 1.77. The van der Waals surface area contributed by atoms with Crippen LogP contribution < -0.4 is 0 Å². The fraction of sp³-hybridized carbons (Fsp3) is 0.462. The minimum Gasteiger partial charge on any atom is -0.465 e. The summed E-state index contributed by atoms with van der Waals surface area (Å²) in [6, 6.07) is 7.54. The highest BCUT2D eigenvalue weighted by atomic mass is 35.5. The Kier molecular flexibility index (Phi) is 6.45. The SMILES string of the molecule is CCCC(Sc1cccc(Cl)c1)C(=O)OCC. The fourth-order valence-corrected chi connectivity index (χ4v) is 2.88. The van der Waals surface area contributed by atoms with Gasteiger partial charge in [-0.3, -0.25) is 4.79 Å². The molecule has 0 aliphatic rings. The highest BCUT2D eigenvalue weighted by Gasteiger charge is 2.20. The second-order valence-electron chi connectivity index (χ2n) is 3.60. The van der Waals surface area contributed by atoms with E-state index in [1.165, 1.54) is 11.8 Å². The van der Waals surface area contributed by atoms with Gasteiger partial charge in [-0.05, 0) is 31.5 Å². The molecule has 0 aromatic heterocycles. The molecule has 0 aliphatic heterocycles. The number of carbonyl (C=O) groups excluding carboxylic acids is 1. The van der Waals surface area contributed by atoms with Gasteiger partial charge in [-0.25, -0.2) is 0 Å². The van der Waals surface area contributed by atoms with Crippen LogP contribution in [0.5, 0.6) is 0 Å². The molecule has 0 amide bonds. The Hall–Kier alpha value is -0.670. The molecule has 1 atom stereocenters.